The molecule has 0 bridgehead atoms. The molecule has 0 aliphatic heterocycles. The van der Waals surface area contributed by atoms with Crippen molar-refractivity contribution in [3.8, 4) is 0 Å². The summed E-state index contributed by atoms with van der Waals surface area (Å²) in [6.45, 7) is 4.76. The smallest absolute Gasteiger partial charge is 0.251 e. The maximum Gasteiger partial charge on any atom is 0.251 e. The number of aromatic nitrogens is 1. The predicted molar refractivity (Wildman–Crippen MR) is 73.5 cm³/mol. The van der Waals surface area contributed by atoms with Crippen LogP contribution in [0.15, 0.2) is 12.1 Å². The third kappa shape index (κ3) is 4.33. The Balaban J connectivity index is 2.74. The van der Waals surface area contributed by atoms with Crippen molar-refractivity contribution in [3.05, 3.63) is 23.4 Å². The second kappa shape index (κ2) is 6.35. The molecule has 1 aromatic rings. The summed E-state index contributed by atoms with van der Waals surface area (Å²) in [6.07, 6.45) is 0.762. The molecule has 0 spiro atoms. The summed E-state index contributed by atoms with van der Waals surface area (Å²) in [7, 11) is 3.95. The molecule has 1 aromatic heterocycles. The third-order valence-corrected chi connectivity index (χ3v) is 2.54. The number of aryl methyl sites for hydroxylation is 1. The van der Waals surface area contributed by atoms with Crippen molar-refractivity contribution >= 4 is 11.7 Å². The van der Waals surface area contributed by atoms with E-state index in [9.17, 15) is 4.79 Å². The standard InChI is InChI=1S/C13H22N4O/c1-5-11-6-10(7-12(14)16-11)13(18)15-9(2)8-17(3)4/h6-7,9H,5,8H2,1-4H3,(H2,14,16)(H,15,18). The van der Waals surface area contributed by atoms with E-state index < -0.39 is 0 Å². The van der Waals surface area contributed by atoms with E-state index in [4.69, 9.17) is 5.73 Å². The van der Waals surface area contributed by atoms with E-state index in [-0.39, 0.29) is 11.9 Å². The van der Waals surface area contributed by atoms with Crippen LogP contribution in [0.1, 0.15) is 29.9 Å². The molecule has 0 aliphatic carbocycles. The number of pyridine rings is 1. The largest absolute Gasteiger partial charge is 0.384 e. The summed E-state index contributed by atoms with van der Waals surface area (Å²) in [5.41, 5.74) is 7.09. The highest BCUT2D eigenvalue weighted by atomic mass is 16.1. The van der Waals surface area contributed by atoms with Gasteiger partial charge in [0, 0.05) is 23.8 Å². The number of carbonyl (C=O) groups is 1. The van der Waals surface area contributed by atoms with Gasteiger partial charge in [0.05, 0.1) is 0 Å². The molecule has 1 atom stereocenters. The van der Waals surface area contributed by atoms with E-state index in [1.807, 2.05) is 32.8 Å². The molecule has 0 aliphatic rings. The van der Waals surface area contributed by atoms with Crippen molar-refractivity contribution in [2.24, 2.45) is 0 Å². The van der Waals surface area contributed by atoms with Crippen LogP contribution < -0.4 is 11.1 Å². The first-order valence-electron chi connectivity index (χ1n) is 6.14. The number of likely N-dealkylation sites (N-methyl/N-ethyl adjacent to an activating group) is 1. The van der Waals surface area contributed by atoms with Crippen molar-refractivity contribution in [3.63, 3.8) is 0 Å². The summed E-state index contributed by atoms with van der Waals surface area (Å²) >= 11 is 0. The monoisotopic (exact) mass is 250 g/mol. The summed E-state index contributed by atoms with van der Waals surface area (Å²) in [5.74, 6) is 0.285. The van der Waals surface area contributed by atoms with Gasteiger partial charge in [-0.05, 0) is 39.6 Å². The van der Waals surface area contributed by atoms with Crippen molar-refractivity contribution in [2.75, 3.05) is 26.4 Å². The summed E-state index contributed by atoms with van der Waals surface area (Å²) in [5, 5.41) is 2.94. The molecule has 5 heteroatoms. The fraction of sp³-hybridized carbons (Fsp3) is 0.538. The Morgan fingerprint density at radius 3 is 2.72 bits per heavy atom. The van der Waals surface area contributed by atoms with E-state index in [0.717, 1.165) is 18.7 Å². The number of nitrogen functional groups attached to an aromatic ring is 1. The highest BCUT2D eigenvalue weighted by Gasteiger charge is 2.12. The average molecular weight is 250 g/mol. The highest BCUT2D eigenvalue weighted by molar-refractivity contribution is 5.95. The fourth-order valence-corrected chi connectivity index (χ4v) is 1.82. The van der Waals surface area contributed by atoms with Crippen LogP contribution in [-0.4, -0.2) is 42.5 Å². The van der Waals surface area contributed by atoms with Crippen LogP contribution in [0.3, 0.4) is 0 Å². The van der Waals surface area contributed by atoms with Gasteiger partial charge in [-0.25, -0.2) is 4.98 Å². The quantitative estimate of drug-likeness (QED) is 0.814. The predicted octanol–water partition coefficient (Wildman–Crippen LogP) is 0.906. The molecule has 100 valence electrons. The molecule has 0 saturated carbocycles. The van der Waals surface area contributed by atoms with E-state index in [1.54, 1.807) is 12.1 Å². The number of hydrogen-bond donors (Lipinski definition) is 2. The lowest BCUT2D eigenvalue weighted by Gasteiger charge is -2.18. The van der Waals surface area contributed by atoms with Crippen LogP contribution in [0.4, 0.5) is 5.82 Å². The first kappa shape index (κ1) is 14.4. The Kier molecular flexibility index (Phi) is 5.09. The van der Waals surface area contributed by atoms with Gasteiger partial charge in [0.25, 0.3) is 5.91 Å². The fourth-order valence-electron chi connectivity index (χ4n) is 1.82. The molecule has 0 saturated heterocycles. The minimum Gasteiger partial charge on any atom is -0.384 e. The van der Waals surface area contributed by atoms with E-state index in [2.05, 4.69) is 10.3 Å². The molecule has 0 fully saturated rings. The number of anilines is 1. The maximum absolute atomic E-state index is 12.0. The van der Waals surface area contributed by atoms with Gasteiger partial charge in [-0.2, -0.15) is 0 Å². The van der Waals surface area contributed by atoms with E-state index in [0.29, 0.717) is 11.4 Å². The van der Waals surface area contributed by atoms with Gasteiger partial charge in [0.15, 0.2) is 0 Å². The Bertz CT molecular complexity index is 417. The Labute approximate surface area is 108 Å². The Morgan fingerprint density at radius 1 is 1.50 bits per heavy atom. The van der Waals surface area contributed by atoms with Crippen molar-refractivity contribution in [1.82, 2.24) is 15.2 Å². The van der Waals surface area contributed by atoms with Crippen LogP contribution in [-0.2, 0) is 6.42 Å². The van der Waals surface area contributed by atoms with Gasteiger partial charge in [0.2, 0.25) is 0 Å². The normalized spacial score (nSPS) is 12.5. The van der Waals surface area contributed by atoms with Gasteiger partial charge >= 0.3 is 0 Å². The molecule has 1 unspecified atom stereocenters. The number of nitrogens with two attached hydrogens (primary N) is 1. The van der Waals surface area contributed by atoms with Crippen LogP contribution in [0.5, 0.6) is 0 Å². The first-order chi connectivity index (χ1) is 8.42. The summed E-state index contributed by atoms with van der Waals surface area (Å²) < 4.78 is 0. The minimum atomic E-state index is -0.104. The lowest BCUT2D eigenvalue weighted by molar-refractivity contribution is 0.0934. The third-order valence-electron chi connectivity index (χ3n) is 2.54. The van der Waals surface area contributed by atoms with Crippen LogP contribution >= 0.6 is 0 Å². The second-order valence-corrected chi connectivity index (χ2v) is 4.76. The molecule has 0 aromatic carbocycles. The molecule has 18 heavy (non-hydrogen) atoms. The number of hydrogen-bond acceptors (Lipinski definition) is 4. The zero-order valence-corrected chi connectivity index (χ0v) is 11.5. The van der Waals surface area contributed by atoms with Crippen molar-refractivity contribution in [1.29, 1.82) is 0 Å². The number of carbonyl (C=O) groups excluding carboxylic acids is 1. The highest BCUT2D eigenvalue weighted by Crippen LogP contribution is 2.08. The molecule has 0 radical (unpaired) electrons. The second-order valence-electron chi connectivity index (χ2n) is 4.76. The summed E-state index contributed by atoms with van der Waals surface area (Å²) in [6, 6.07) is 3.48. The lowest BCUT2D eigenvalue weighted by Crippen LogP contribution is -2.39. The zero-order chi connectivity index (χ0) is 13.7. The molecule has 3 N–H and O–H groups in total. The zero-order valence-electron chi connectivity index (χ0n) is 11.5. The molecule has 5 nitrogen and oxygen atoms in total. The van der Waals surface area contributed by atoms with Gasteiger partial charge in [-0.1, -0.05) is 6.92 Å². The minimum absolute atomic E-state index is 0.0898. The average Bonchev–Trinajstić information content (AvgIpc) is 2.26. The summed E-state index contributed by atoms with van der Waals surface area (Å²) in [4.78, 5) is 18.2. The van der Waals surface area contributed by atoms with E-state index >= 15 is 0 Å². The number of nitrogens with one attached hydrogen (secondary N) is 1. The maximum atomic E-state index is 12.0. The van der Waals surface area contributed by atoms with Gasteiger partial charge in [-0.15, -0.1) is 0 Å². The van der Waals surface area contributed by atoms with E-state index in [1.165, 1.54) is 0 Å². The van der Waals surface area contributed by atoms with Crippen molar-refractivity contribution < 1.29 is 4.79 Å². The topological polar surface area (TPSA) is 71.2 Å². The van der Waals surface area contributed by atoms with Gasteiger partial charge < -0.3 is 16.0 Å². The van der Waals surface area contributed by atoms with Gasteiger partial charge in [0.1, 0.15) is 5.82 Å². The molecular weight excluding hydrogens is 228 g/mol. The van der Waals surface area contributed by atoms with Crippen LogP contribution in [0.2, 0.25) is 0 Å². The molecule has 1 rings (SSSR count). The molecule has 1 heterocycles. The number of rotatable bonds is 5. The van der Waals surface area contributed by atoms with Gasteiger partial charge in [-0.3, -0.25) is 4.79 Å². The Hall–Kier alpha value is -1.62. The SMILES string of the molecule is CCc1cc(C(=O)NC(C)CN(C)C)cc(N)n1. The number of nitrogens with zero attached hydrogens (tertiary/aromatic N) is 2. The molecule has 1 amide bonds. The Morgan fingerprint density at radius 2 is 2.17 bits per heavy atom. The first-order valence-corrected chi connectivity index (χ1v) is 6.14. The lowest BCUT2D eigenvalue weighted by atomic mass is 10.1. The molecular formula is C13H22N4O. The van der Waals surface area contributed by atoms with Crippen molar-refractivity contribution in [2.45, 2.75) is 26.3 Å². The van der Waals surface area contributed by atoms with Crippen LogP contribution in [0, 0.1) is 0 Å². The number of amides is 1. The van der Waals surface area contributed by atoms with Crippen LogP contribution in [0.25, 0.3) is 0 Å².